The van der Waals surface area contributed by atoms with Crippen LogP contribution >= 0.6 is 15.6 Å². The van der Waals surface area contributed by atoms with Gasteiger partial charge in [-0.15, -0.1) is 0 Å². The number of aliphatic hydroxyl groups excluding tert-OH is 1. The molecule has 0 heterocycles. The zero-order chi connectivity index (χ0) is 63.5. The Morgan fingerprint density at radius 2 is 0.535 bits per heavy atom. The molecule has 0 saturated heterocycles. The van der Waals surface area contributed by atoms with Crippen molar-refractivity contribution in [2.45, 2.75) is 361 Å². The van der Waals surface area contributed by atoms with E-state index in [1.807, 2.05) is 0 Å². The zero-order valence-corrected chi connectivity index (χ0v) is 57.2. The lowest BCUT2D eigenvalue weighted by Gasteiger charge is -2.21. The van der Waals surface area contributed by atoms with Crippen LogP contribution in [0.4, 0.5) is 0 Å². The van der Waals surface area contributed by atoms with Crippen LogP contribution in [0.5, 0.6) is 0 Å². The van der Waals surface area contributed by atoms with E-state index in [2.05, 4.69) is 34.6 Å². The highest BCUT2D eigenvalue weighted by Gasteiger charge is 2.30. The fourth-order valence-corrected chi connectivity index (χ4v) is 11.7. The molecule has 0 aliphatic heterocycles. The third-order valence-corrected chi connectivity index (χ3v) is 17.4. The predicted octanol–water partition coefficient (Wildman–Crippen LogP) is 19.0. The Balaban J connectivity index is 5.19. The minimum Gasteiger partial charge on any atom is -0.462 e. The lowest BCUT2D eigenvalue weighted by molar-refractivity contribution is -0.161. The monoisotopic (exact) mass is 1270 g/mol. The summed E-state index contributed by atoms with van der Waals surface area (Å²) in [6.45, 7) is 7.15. The zero-order valence-electron chi connectivity index (χ0n) is 55.4. The molecule has 0 aliphatic rings. The van der Waals surface area contributed by atoms with Gasteiger partial charge in [0.05, 0.1) is 26.4 Å². The fraction of sp³-hybridized carbons (Fsp3) is 0.940. The molecule has 3 N–H and O–H groups in total. The molecule has 0 radical (unpaired) electrons. The average molecular weight is 1270 g/mol. The lowest BCUT2D eigenvalue weighted by Crippen LogP contribution is -2.30. The maximum Gasteiger partial charge on any atom is 0.472 e. The van der Waals surface area contributed by atoms with E-state index >= 15 is 0 Å². The molecule has 0 spiro atoms. The summed E-state index contributed by atoms with van der Waals surface area (Å²) in [7, 11) is -9.89. The highest BCUT2D eigenvalue weighted by atomic mass is 31.2. The summed E-state index contributed by atoms with van der Waals surface area (Å²) >= 11 is 0. The van der Waals surface area contributed by atoms with Gasteiger partial charge < -0.3 is 33.8 Å². The number of esters is 4. The Kier molecular flexibility index (Phi) is 59.2. The molecule has 5 atom stereocenters. The van der Waals surface area contributed by atoms with Crippen LogP contribution in [-0.2, 0) is 65.4 Å². The van der Waals surface area contributed by atoms with Crippen LogP contribution < -0.4 is 0 Å². The Bertz CT molecular complexity index is 1670. The van der Waals surface area contributed by atoms with Gasteiger partial charge in [-0.2, -0.15) is 0 Å². The normalized spacial score (nSPS) is 14.2. The van der Waals surface area contributed by atoms with Crippen LogP contribution in [0.25, 0.3) is 0 Å². The third-order valence-electron chi connectivity index (χ3n) is 15.5. The van der Waals surface area contributed by atoms with Crippen molar-refractivity contribution in [2.24, 2.45) is 5.92 Å². The second kappa shape index (κ2) is 60.6. The summed E-state index contributed by atoms with van der Waals surface area (Å²) in [6.07, 6.45) is 45.9. The number of rotatable bonds is 67. The summed E-state index contributed by atoms with van der Waals surface area (Å²) in [5.41, 5.74) is 0. The second-order valence-electron chi connectivity index (χ2n) is 24.7. The minimum absolute atomic E-state index is 0.107. The van der Waals surface area contributed by atoms with E-state index in [1.54, 1.807) is 0 Å². The van der Waals surface area contributed by atoms with E-state index in [4.69, 9.17) is 37.0 Å². The largest absolute Gasteiger partial charge is 0.472 e. The highest BCUT2D eigenvalue weighted by molar-refractivity contribution is 7.47. The quantitative estimate of drug-likeness (QED) is 0.0222. The molecule has 0 aromatic carbocycles. The van der Waals surface area contributed by atoms with Crippen LogP contribution in [0, 0.1) is 5.92 Å². The van der Waals surface area contributed by atoms with Crippen LogP contribution in [-0.4, -0.2) is 96.7 Å². The highest BCUT2D eigenvalue weighted by Crippen LogP contribution is 2.45. The van der Waals surface area contributed by atoms with Gasteiger partial charge in [0.2, 0.25) is 0 Å². The molecule has 0 amide bonds. The van der Waals surface area contributed by atoms with Gasteiger partial charge in [-0.3, -0.25) is 37.3 Å². The summed E-state index contributed by atoms with van der Waals surface area (Å²) in [4.78, 5) is 72.2. The molecule has 0 fully saturated rings. The summed E-state index contributed by atoms with van der Waals surface area (Å²) in [5, 5.41) is 10.5. The van der Waals surface area contributed by atoms with Crippen LogP contribution in [0.2, 0.25) is 0 Å². The Morgan fingerprint density at radius 1 is 0.314 bits per heavy atom. The summed E-state index contributed by atoms with van der Waals surface area (Å²) < 4.78 is 68.0. The van der Waals surface area contributed by atoms with Crippen LogP contribution in [0.15, 0.2) is 0 Å². The minimum atomic E-state index is -4.95. The fourth-order valence-electron chi connectivity index (χ4n) is 10.1. The molecule has 19 heteroatoms. The van der Waals surface area contributed by atoms with E-state index in [-0.39, 0.29) is 25.7 Å². The number of hydrogen-bond donors (Lipinski definition) is 3. The first kappa shape index (κ1) is 84.1. The number of carbonyl (C=O) groups excluding carboxylic acids is 4. The topological polar surface area (TPSA) is 237 Å². The number of hydrogen-bond acceptors (Lipinski definition) is 15. The van der Waals surface area contributed by atoms with Gasteiger partial charge in [0.25, 0.3) is 0 Å². The molecule has 0 saturated carbocycles. The van der Waals surface area contributed by atoms with Gasteiger partial charge in [0, 0.05) is 25.7 Å². The molecule has 510 valence electrons. The maximum atomic E-state index is 13.0. The van der Waals surface area contributed by atoms with Crippen molar-refractivity contribution in [1.29, 1.82) is 0 Å². The van der Waals surface area contributed by atoms with Crippen LogP contribution in [0.1, 0.15) is 343 Å². The lowest BCUT2D eigenvalue weighted by atomic mass is 10.0. The molecule has 0 aromatic heterocycles. The van der Waals surface area contributed by atoms with E-state index in [0.717, 1.165) is 109 Å². The van der Waals surface area contributed by atoms with Crippen molar-refractivity contribution in [3.63, 3.8) is 0 Å². The third kappa shape index (κ3) is 60.9. The number of phosphoric acid groups is 2. The van der Waals surface area contributed by atoms with Crippen molar-refractivity contribution in [3.8, 4) is 0 Å². The van der Waals surface area contributed by atoms with Crippen molar-refractivity contribution < 1.29 is 80.2 Å². The molecule has 86 heavy (non-hydrogen) atoms. The maximum absolute atomic E-state index is 13.0. The molecule has 0 bridgehead atoms. The molecule has 0 aliphatic carbocycles. The molecule has 2 unspecified atom stereocenters. The summed E-state index contributed by atoms with van der Waals surface area (Å²) in [6, 6.07) is 0. The molecular formula is C67H130O17P2. The first-order chi connectivity index (χ1) is 41.5. The molecular weight excluding hydrogens is 1140 g/mol. The van der Waals surface area contributed by atoms with E-state index < -0.39 is 97.5 Å². The van der Waals surface area contributed by atoms with Gasteiger partial charge in [0.15, 0.2) is 12.2 Å². The van der Waals surface area contributed by atoms with Gasteiger partial charge in [-0.25, -0.2) is 9.13 Å². The van der Waals surface area contributed by atoms with Crippen molar-refractivity contribution in [3.05, 3.63) is 0 Å². The first-order valence-corrected chi connectivity index (χ1v) is 38.1. The Morgan fingerprint density at radius 3 is 0.791 bits per heavy atom. The van der Waals surface area contributed by atoms with Crippen molar-refractivity contribution >= 4 is 39.5 Å². The number of aliphatic hydroxyl groups is 1. The molecule has 0 aromatic rings. The van der Waals surface area contributed by atoms with Crippen molar-refractivity contribution in [1.82, 2.24) is 0 Å². The van der Waals surface area contributed by atoms with Crippen molar-refractivity contribution in [2.75, 3.05) is 39.6 Å². The second-order valence-corrected chi connectivity index (χ2v) is 27.6. The van der Waals surface area contributed by atoms with E-state index in [1.165, 1.54) is 154 Å². The van der Waals surface area contributed by atoms with E-state index in [0.29, 0.717) is 25.7 Å². The van der Waals surface area contributed by atoms with E-state index in [9.17, 15) is 43.2 Å². The predicted molar refractivity (Wildman–Crippen MR) is 345 cm³/mol. The number of phosphoric ester groups is 2. The van der Waals surface area contributed by atoms with Gasteiger partial charge in [0.1, 0.15) is 19.3 Å². The summed E-state index contributed by atoms with van der Waals surface area (Å²) in [5.74, 6) is -1.40. The first-order valence-electron chi connectivity index (χ1n) is 35.1. The number of ether oxygens (including phenoxy) is 4. The van der Waals surface area contributed by atoms with Gasteiger partial charge in [-0.05, 0) is 31.6 Å². The standard InChI is InChI=1S/C67H130O17P2/c1-6-9-12-15-18-20-22-23-24-25-26-27-29-31-38-43-48-53-67(72)84-63(57-78-65(70)51-46-41-36-33-32-35-39-44-49-60(4)5)59-82-86(75,76)80-55-61(68)54-79-85(73,74)81-58-62(56-77-64(69)50-45-40-34-17-14-11-8-3)83-66(71)52-47-42-37-30-28-21-19-16-13-10-7-2/h60-63,68H,6-59H2,1-5H3,(H,73,74)(H,75,76)/t61-,62+,63+/m0/s1. The average Bonchev–Trinajstić information content (AvgIpc) is 3.70. The number of unbranched alkanes of at least 4 members (excludes halogenated alkanes) is 39. The van der Waals surface area contributed by atoms with Gasteiger partial charge in [-0.1, -0.05) is 291 Å². The van der Waals surface area contributed by atoms with Gasteiger partial charge >= 0.3 is 39.5 Å². The number of carbonyl (C=O) groups is 4. The Hall–Kier alpha value is -1.94. The van der Waals surface area contributed by atoms with Crippen LogP contribution in [0.3, 0.4) is 0 Å². The molecule has 17 nitrogen and oxygen atoms in total. The molecule has 0 rings (SSSR count). The smallest absolute Gasteiger partial charge is 0.462 e. The SMILES string of the molecule is CCCCCCCCCCCCCCCCCCCC(=O)O[C@H](COC(=O)CCCCCCCCCCC(C)C)COP(=O)(O)OC[C@@H](O)COP(=O)(O)OC[C@@H](COC(=O)CCCCCCCCC)OC(=O)CCCCCCCCCCCCC. The Labute approximate surface area is 524 Å².